The first-order valence-electron chi connectivity index (χ1n) is 7.35. The summed E-state index contributed by atoms with van der Waals surface area (Å²) in [5, 5.41) is 3.68. The summed E-state index contributed by atoms with van der Waals surface area (Å²) in [6.45, 7) is 5.56. The van der Waals surface area contributed by atoms with E-state index < -0.39 is 0 Å². The van der Waals surface area contributed by atoms with E-state index in [4.69, 9.17) is 4.42 Å². The zero-order chi connectivity index (χ0) is 12.4. The molecule has 2 atom stereocenters. The maximum atomic E-state index is 5.62. The number of aryl methyl sites for hydroxylation is 1. The second-order valence-electron chi connectivity index (χ2n) is 5.76. The summed E-state index contributed by atoms with van der Waals surface area (Å²) in [6, 6.07) is 3.49. The van der Waals surface area contributed by atoms with Gasteiger partial charge in [0.05, 0.1) is 12.8 Å². The van der Waals surface area contributed by atoms with Gasteiger partial charge in [0, 0.05) is 12.1 Å². The first kappa shape index (κ1) is 12.2. The molecule has 0 spiro atoms. The fourth-order valence-corrected chi connectivity index (χ4v) is 3.46. The Labute approximate surface area is 110 Å². The van der Waals surface area contributed by atoms with Crippen molar-refractivity contribution in [3.05, 3.63) is 23.7 Å². The van der Waals surface area contributed by atoms with E-state index in [1.54, 1.807) is 0 Å². The van der Waals surface area contributed by atoms with E-state index in [0.29, 0.717) is 12.1 Å². The maximum Gasteiger partial charge on any atom is 0.120 e. The molecule has 100 valence electrons. The lowest BCUT2D eigenvalue weighted by atomic mass is 9.94. The Morgan fingerprint density at radius 2 is 2.28 bits per heavy atom. The third kappa shape index (κ3) is 2.47. The number of nitrogens with one attached hydrogen (secondary N) is 1. The van der Waals surface area contributed by atoms with Crippen molar-refractivity contribution in [3.8, 4) is 0 Å². The van der Waals surface area contributed by atoms with Crippen LogP contribution in [0.4, 0.5) is 0 Å². The molecule has 2 aliphatic heterocycles. The number of likely N-dealkylation sites (tertiary alicyclic amines) is 1. The molecule has 0 radical (unpaired) electrons. The molecule has 1 N–H and O–H groups in total. The van der Waals surface area contributed by atoms with Crippen LogP contribution in [-0.2, 0) is 6.54 Å². The largest absolute Gasteiger partial charge is 0.468 e. The predicted octanol–water partition coefficient (Wildman–Crippen LogP) is 2.69. The van der Waals surface area contributed by atoms with Crippen molar-refractivity contribution in [3.63, 3.8) is 0 Å². The molecule has 2 saturated heterocycles. The van der Waals surface area contributed by atoms with Gasteiger partial charge in [0.2, 0.25) is 0 Å². The number of furan rings is 1. The summed E-state index contributed by atoms with van der Waals surface area (Å²) in [6.07, 6.45) is 8.57. The highest BCUT2D eigenvalue weighted by molar-refractivity contribution is 5.14. The van der Waals surface area contributed by atoms with Crippen LogP contribution in [0.5, 0.6) is 0 Å². The SMILES string of the molecule is Cc1ccoc1CN1CCCCC1C1CCCN1. The van der Waals surface area contributed by atoms with Gasteiger partial charge in [-0.05, 0) is 57.3 Å². The molecule has 0 aliphatic carbocycles. The van der Waals surface area contributed by atoms with Gasteiger partial charge in [0.25, 0.3) is 0 Å². The van der Waals surface area contributed by atoms with Crippen LogP contribution < -0.4 is 5.32 Å². The second kappa shape index (κ2) is 5.45. The van der Waals surface area contributed by atoms with Crippen LogP contribution in [0.15, 0.2) is 16.7 Å². The number of piperidine rings is 1. The lowest BCUT2D eigenvalue weighted by molar-refractivity contribution is 0.104. The van der Waals surface area contributed by atoms with Gasteiger partial charge in [-0.1, -0.05) is 6.42 Å². The minimum absolute atomic E-state index is 0.709. The molecule has 0 amide bonds. The third-order valence-corrected chi connectivity index (χ3v) is 4.54. The summed E-state index contributed by atoms with van der Waals surface area (Å²) >= 11 is 0. The molecule has 2 fully saturated rings. The van der Waals surface area contributed by atoms with Crippen LogP contribution in [0.3, 0.4) is 0 Å². The number of nitrogens with zero attached hydrogens (tertiary/aromatic N) is 1. The van der Waals surface area contributed by atoms with Crippen LogP contribution in [0, 0.1) is 6.92 Å². The van der Waals surface area contributed by atoms with Crippen molar-refractivity contribution in [2.24, 2.45) is 0 Å². The third-order valence-electron chi connectivity index (χ3n) is 4.54. The van der Waals surface area contributed by atoms with Crippen molar-refractivity contribution < 1.29 is 4.42 Å². The van der Waals surface area contributed by atoms with Crippen molar-refractivity contribution >= 4 is 0 Å². The Bertz CT molecular complexity index is 382. The Hall–Kier alpha value is -0.800. The highest BCUT2D eigenvalue weighted by Gasteiger charge is 2.31. The van der Waals surface area contributed by atoms with Gasteiger partial charge in [-0.2, -0.15) is 0 Å². The molecule has 0 saturated carbocycles. The van der Waals surface area contributed by atoms with Crippen LogP contribution >= 0.6 is 0 Å². The average Bonchev–Trinajstić information content (AvgIpc) is 3.03. The molecule has 3 heteroatoms. The molecular formula is C15H24N2O. The van der Waals surface area contributed by atoms with Crippen LogP contribution in [0.1, 0.15) is 43.4 Å². The van der Waals surface area contributed by atoms with E-state index in [1.165, 1.54) is 50.8 Å². The molecule has 1 aromatic rings. The maximum absolute atomic E-state index is 5.62. The normalized spacial score (nSPS) is 29.8. The van der Waals surface area contributed by atoms with Gasteiger partial charge in [-0.3, -0.25) is 4.90 Å². The first-order valence-corrected chi connectivity index (χ1v) is 7.35. The van der Waals surface area contributed by atoms with Gasteiger partial charge < -0.3 is 9.73 Å². The van der Waals surface area contributed by atoms with Crippen molar-refractivity contribution in [1.82, 2.24) is 10.2 Å². The minimum atomic E-state index is 0.709. The summed E-state index contributed by atoms with van der Waals surface area (Å²) in [5.74, 6) is 1.15. The first-order chi connectivity index (χ1) is 8.84. The molecule has 3 rings (SSSR count). The Balaban J connectivity index is 1.69. The zero-order valence-corrected chi connectivity index (χ0v) is 11.3. The van der Waals surface area contributed by atoms with E-state index in [0.717, 1.165) is 12.3 Å². The standard InChI is InChI=1S/C15H24N2O/c1-12-7-10-18-15(12)11-17-9-3-2-6-14(17)13-5-4-8-16-13/h7,10,13-14,16H,2-6,8-9,11H2,1H3. The average molecular weight is 248 g/mol. The fraction of sp³-hybridized carbons (Fsp3) is 0.733. The molecule has 3 nitrogen and oxygen atoms in total. The van der Waals surface area contributed by atoms with Gasteiger partial charge >= 0.3 is 0 Å². The number of hydrogen-bond donors (Lipinski definition) is 1. The monoisotopic (exact) mass is 248 g/mol. The molecule has 2 unspecified atom stereocenters. The highest BCUT2D eigenvalue weighted by Crippen LogP contribution is 2.26. The summed E-state index contributed by atoms with van der Waals surface area (Å²) in [4.78, 5) is 2.64. The van der Waals surface area contributed by atoms with Crippen LogP contribution in [0.25, 0.3) is 0 Å². The van der Waals surface area contributed by atoms with Crippen molar-refractivity contribution in [2.75, 3.05) is 13.1 Å². The van der Waals surface area contributed by atoms with Gasteiger partial charge in [-0.25, -0.2) is 0 Å². The molecule has 18 heavy (non-hydrogen) atoms. The Kier molecular flexibility index (Phi) is 3.71. The van der Waals surface area contributed by atoms with E-state index in [-0.39, 0.29) is 0 Å². The summed E-state index contributed by atoms with van der Waals surface area (Å²) in [7, 11) is 0. The zero-order valence-electron chi connectivity index (χ0n) is 11.3. The van der Waals surface area contributed by atoms with Crippen molar-refractivity contribution in [2.45, 2.75) is 57.7 Å². The van der Waals surface area contributed by atoms with Crippen molar-refractivity contribution in [1.29, 1.82) is 0 Å². The molecule has 0 aromatic carbocycles. The molecule has 2 aliphatic rings. The fourth-order valence-electron chi connectivity index (χ4n) is 3.46. The highest BCUT2D eigenvalue weighted by atomic mass is 16.3. The quantitative estimate of drug-likeness (QED) is 0.891. The van der Waals surface area contributed by atoms with Crippen LogP contribution in [-0.4, -0.2) is 30.1 Å². The topological polar surface area (TPSA) is 28.4 Å². The Morgan fingerprint density at radius 3 is 3.00 bits per heavy atom. The number of hydrogen-bond acceptors (Lipinski definition) is 3. The van der Waals surface area contributed by atoms with E-state index >= 15 is 0 Å². The summed E-state index contributed by atoms with van der Waals surface area (Å²) in [5.41, 5.74) is 1.29. The molecule has 3 heterocycles. The summed E-state index contributed by atoms with van der Waals surface area (Å²) < 4.78 is 5.62. The van der Waals surface area contributed by atoms with Gasteiger partial charge in [-0.15, -0.1) is 0 Å². The number of rotatable bonds is 3. The van der Waals surface area contributed by atoms with E-state index in [1.807, 2.05) is 6.26 Å². The van der Waals surface area contributed by atoms with E-state index in [9.17, 15) is 0 Å². The molecule has 0 bridgehead atoms. The van der Waals surface area contributed by atoms with E-state index in [2.05, 4.69) is 23.2 Å². The lowest BCUT2D eigenvalue weighted by Gasteiger charge is -2.39. The molecule has 1 aromatic heterocycles. The smallest absolute Gasteiger partial charge is 0.120 e. The predicted molar refractivity (Wildman–Crippen MR) is 72.5 cm³/mol. The minimum Gasteiger partial charge on any atom is -0.468 e. The van der Waals surface area contributed by atoms with Gasteiger partial charge in [0.15, 0.2) is 0 Å². The Morgan fingerprint density at radius 1 is 1.33 bits per heavy atom. The molecular weight excluding hydrogens is 224 g/mol. The van der Waals surface area contributed by atoms with Crippen LogP contribution in [0.2, 0.25) is 0 Å². The lowest BCUT2D eigenvalue weighted by Crippen LogP contribution is -2.49. The van der Waals surface area contributed by atoms with Gasteiger partial charge in [0.1, 0.15) is 5.76 Å². The second-order valence-corrected chi connectivity index (χ2v) is 5.76.